The summed E-state index contributed by atoms with van der Waals surface area (Å²) in [4.78, 5) is 40.3. The lowest BCUT2D eigenvalue weighted by Crippen LogP contribution is -2.29. The van der Waals surface area contributed by atoms with Gasteiger partial charge < -0.3 is 16.0 Å². The molecule has 0 spiro atoms. The number of carbonyl (C=O) groups excluding carboxylic acids is 3. The van der Waals surface area contributed by atoms with Gasteiger partial charge in [-0.3, -0.25) is 14.4 Å². The standard InChI is InChI=1S/C24H20N4O3S/c1-14-6-11-20-21(12-14)32-24(28-20)16-7-9-17(10-8-16)26-22(30)23(31)27-19-5-3-4-18(13-19)25-15(2)29/h3-13H,1-2H3,(H,25,29)(H,26,30)(H,27,31). The van der Waals surface area contributed by atoms with Gasteiger partial charge in [-0.2, -0.15) is 0 Å². The minimum absolute atomic E-state index is 0.226. The first-order chi connectivity index (χ1) is 15.4. The number of hydrogen-bond acceptors (Lipinski definition) is 5. The molecule has 1 aromatic heterocycles. The van der Waals surface area contributed by atoms with E-state index in [1.807, 2.05) is 31.2 Å². The van der Waals surface area contributed by atoms with Crippen molar-refractivity contribution in [3.63, 3.8) is 0 Å². The van der Waals surface area contributed by atoms with Gasteiger partial charge in [0.15, 0.2) is 0 Å². The van der Waals surface area contributed by atoms with Crippen molar-refractivity contribution < 1.29 is 14.4 Å². The normalized spacial score (nSPS) is 10.6. The van der Waals surface area contributed by atoms with Gasteiger partial charge in [0.25, 0.3) is 0 Å². The van der Waals surface area contributed by atoms with Crippen molar-refractivity contribution >= 4 is 56.3 Å². The lowest BCUT2D eigenvalue weighted by atomic mass is 10.2. The summed E-state index contributed by atoms with van der Waals surface area (Å²) in [5, 5.41) is 8.62. The van der Waals surface area contributed by atoms with E-state index in [-0.39, 0.29) is 5.91 Å². The minimum Gasteiger partial charge on any atom is -0.326 e. The van der Waals surface area contributed by atoms with Crippen LogP contribution in [-0.2, 0) is 14.4 Å². The second-order valence-corrected chi connectivity index (χ2v) is 8.27. The van der Waals surface area contributed by atoms with Crippen LogP contribution in [0.1, 0.15) is 12.5 Å². The Morgan fingerprint density at radius 3 is 2.12 bits per heavy atom. The molecule has 0 aliphatic rings. The van der Waals surface area contributed by atoms with E-state index in [1.54, 1.807) is 47.7 Å². The molecular formula is C24H20N4O3S. The number of fused-ring (bicyclic) bond motifs is 1. The summed E-state index contributed by atoms with van der Waals surface area (Å²) in [7, 11) is 0. The Labute approximate surface area is 188 Å². The van der Waals surface area contributed by atoms with Crippen LogP contribution in [0.5, 0.6) is 0 Å². The highest BCUT2D eigenvalue weighted by molar-refractivity contribution is 7.21. The number of hydrogen-bond donors (Lipinski definition) is 3. The number of anilines is 3. The Bertz CT molecular complexity index is 1330. The number of rotatable bonds is 4. The Kier molecular flexibility index (Phi) is 5.96. The van der Waals surface area contributed by atoms with Crippen LogP contribution in [0.25, 0.3) is 20.8 Å². The number of carbonyl (C=O) groups is 3. The Balaban J connectivity index is 1.41. The van der Waals surface area contributed by atoms with Gasteiger partial charge in [-0.05, 0) is 67.1 Å². The van der Waals surface area contributed by atoms with E-state index in [0.717, 1.165) is 20.8 Å². The van der Waals surface area contributed by atoms with Crippen LogP contribution in [0, 0.1) is 6.92 Å². The SMILES string of the molecule is CC(=O)Nc1cccc(NC(=O)C(=O)Nc2ccc(-c3nc4ccc(C)cc4s3)cc2)c1. The van der Waals surface area contributed by atoms with E-state index >= 15 is 0 Å². The zero-order valence-electron chi connectivity index (χ0n) is 17.4. The number of aromatic nitrogens is 1. The lowest BCUT2D eigenvalue weighted by Gasteiger charge is -2.08. The second-order valence-electron chi connectivity index (χ2n) is 7.24. The van der Waals surface area contributed by atoms with Crippen molar-refractivity contribution in [2.24, 2.45) is 0 Å². The van der Waals surface area contributed by atoms with Crippen molar-refractivity contribution in [3.8, 4) is 10.6 Å². The Hall–Kier alpha value is -4.04. The monoisotopic (exact) mass is 444 g/mol. The summed E-state index contributed by atoms with van der Waals surface area (Å²) < 4.78 is 1.12. The summed E-state index contributed by atoms with van der Waals surface area (Å²) in [6.07, 6.45) is 0. The molecule has 1 heterocycles. The number of benzene rings is 3. The molecule has 8 heteroatoms. The number of nitrogens with one attached hydrogen (secondary N) is 3. The van der Waals surface area contributed by atoms with E-state index in [1.165, 1.54) is 12.5 Å². The summed E-state index contributed by atoms with van der Waals surface area (Å²) in [5.41, 5.74) is 4.49. The largest absolute Gasteiger partial charge is 0.326 e. The molecule has 3 N–H and O–H groups in total. The van der Waals surface area contributed by atoms with Crippen LogP contribution in [0.2, 0.25) is 0 Å². The number of nitrogens with zero attached hydrogens (tertiary/aromatic N) is 1. The maximum Gasteiger partial charge on any atom is 0.314 e. The molecule has 0 radical (unpaired) electrons. The molecule has 4 rings (SSSR count). The van der Waals surface area contributed by atoms with Gasteiger partial charge in [-0.1, -0.05) is 12.1 Å². The Morgan fingerprint density at radius 2 is 1.44 bits per heavy atom. The van der Waals surface area contributed by atoms with Crippen LogP contribution in [0.4, 0.5) is 17.1 Å². The molecule has 0 fully saturated rings. The molecule has 0 unspecified atom stereocenters. The molecule has 3 aromatic carbocycles. The molecular weight excluding hydrogens is 424 g/mol. The summed E-state index contributed by atoms with van der Waals surface area (Å²) in [5.74, 6) is -1.83. The Morgan fingerprint density at radius 1 is 0.781 bits per heavy atom. The molecule has 32 heavy (non-hydrogen) atoms. The van der Waals surface area contributed by atoms with Gasteiger partial charge >= 0.3 is 11.8 Å². The average Bonchev–Trinajstić information content (AvgIpc) is 3.17. The maximum atomic E-state index is 12.3. The molecule has 0 bridgehead atoms. The molecule has 0 saturated heterocycles. The number of aryl methyl sites for hydroxylation is 1. The third-order valence-corrected chi connectivity index (χ3v) is 5.65. The summed E-state index contributed by atoms with van der Waals surface area (Å²) >= 11 is 1.61. The molecule has 4 aromatic rings. The van der Waals surface area contributed by atoms with Crippen molar-refractivity contribution in [1.29, 1.82) is 0 Å². The highest BCUT2D eigenvalue weighted by Crippen LogP contribution is 2.31. The zero-order chi connectivity index (χ0) is 22.7. The molecule has 0 saturated carbocycles. The summed E-state index contributed by atoms with van der Waals surface area (Å²) in [6, 6.07) is 19.9. The van der Waals surface area contributed by atoms with E-state index in [4.69, 9.17) is 0 Å². The van der Waals surface area contributed by atoms with Crippen molar-refractivity contribution in [3.05, 3.63) is 72.3 Å². The number of amides is 3. The van der Waals surface area contributed by atoms with Crippen molar-refractivity contribution in [1.82, 2.24) is 4.98 Å². The fraction of sp³-hybridized carbons (Fsp3) is 0.0833. The van der Waals surface area contributed by atoms with Crippen LogP contribution >= 0.6 is 11.3 Å². The quantitative estimate of drug-likeness (QED) is 0.393. The topological polar surface area (TPSA) is 100 Å². The van der Waals surface area contributed by atoms with Crippen LogP contribution in [-0.4, -0.2) is 22.7 Å². The first kappa shape index (κ1) is 21.2. The van der Waals surface area contributed by atoms with E-state index in [9.17, 15) is 14.4 Å². The molecule has 0 atom stereocenters. The van der Waals surface area contributed by atoms with Crippen LogP contribution < -0.4 is 16.0 Å². The van der Waals surface area contributed by atoms with Crippen LogP contribution in [0.15, 0.2) is 66.7 Å². The zero-order valence-corrected chi connectivity index (χ0v) is 18.2. The van der Waals surface area contributed by atoms with E-state index in [0.29, 0.717) is 17.1 Å². The van der Waals surface area contributed by atoms with Crippen LogP contribution in [0.3, 0.4) is 0 Å². The molecule has 7 nitrogen and oxygen atoms in total. The molecule has 0 aliphatic heterocycles. The molecule has 0 aliphatic carbocycles. The maximum absolute atomic E-state index is 12.3. The fourth-order valence-corrected chi connectivity index (χ4v) is 4.17. The lowest BCUT2D eigenvalue weighted by molar-refractivity contribution is -0.132. The first-order valence-electron chi connectivity index (χ1n) is 9.85. The van der Waals surface area contributed by atoms with Gasteiger partial charge in [0.2, 0.25) is 5.91 Å². The smallest absolute Gasteiger partial charge is 0.314 e. The van der Waals surface area contributed by atoms with E-state index in [2.05, 4.69) is 27.0 Å². The van der Waals surface area contributed by atoms with Gasteiger partial charge in [-0.15, -0.1) is 11.3 Å². The highest BCUT2D eigenvalue weighted by Gasteiger charge is 2.15. The average molecular weight is 445 g/mol. The highest BCUT2D eigenvalue weighted by atomic mass is 32.1. The summed E-state index contributed by atoms with van der Waals surface area (Å²) in [6.45, 7) is 3.44. The fourth-order valence-electron chi connectivity index (χ4n) is 3.11. The minimum atomic E-state index is -0.810. The predicted molar refractivity (Wildman–Crippen MR) is 128 cm³/mol. The molecule has 160 valence electrons. The molecule has 3 amide bonds. The van der Waals surface area contributed by atoms with E-state index < -0.39 is 11.8 Å². The van der Waals surface area contributed by atoms with Gasteiger partial charge in [0.05, 0.1) is 10.2 Å². The van der Waals surface area contributed by atoms with Gasteiger partial charge in [-0.25, -0.2) is 4.98 Å². The van der Waals surface area contributed by atoms with Gasteiger partial charge in [0.1, 0.15) is 5.01 Å². The second kappa shape index (κ2) is 8.99. The third-order valence-electron chi connectivity index (χ3n) is 4.58. The van der Waals surface area contributed by atoms with Crippen molar-refractivity contribution in [2.75, 3.05) is 16.0 Å². The van der Waals surface area contributed by atoms with Gasteiger partial charge in [0, 0.05) is 29.5 Å². The third kappa shape index (κ3) is 4.98. The van der Waals surface area contributed by atoms with Crippen molar-refractivity contribution in [2.45, 2.75) is 13.8 Å². The predicted octanol–water partition coefficient (Wildman–Crippen LogP) is 4.81. The first-order valence-corrected chi connectivity index (χ1v) is 10.7. The number of thiazole rings is 1.